The molecule has 0 aromatic carbocycles. The second-order valence-electron chi connectivity index (χ2n) is 4.18. The number of carbonyl (C=O) groups excluding carboxylic acids is 1. The van der Waals surface area contributed by atoms with Gasteiger partial charge in [-0.2, -0.15) is 11.3 Å². The number of nitrogens with two attached hydrogens (primary N) is 1. The number of aliphatic hydroxyl groups excluding tert-OH is 1. The van der Waals surface area contributed by atoms with Gasteiger partial charge in [-0.25, -0.2) is 0 Å². The molecule has 0 spiro atoms. The molecule has 0 aliphatic rings. The zero-order chi connectivity index (χ0) is 13.8. The molecule has 2 rings (SSSR count). The number of amides is 1. The number of carbonyl (C=O) groups is 1. The van der Waals surface area contributed by atoms with E-state index in [1.165, 1.54) is 17.5 Å². The van der Waals surface area contributed by atoms with E-state index in [-0.39, 0.29) is 12.5 Å². The second kappa shape index (κ2) is 5.81. The van der Waals surface area contributed by atoms with Crippen LogP contribution in [0.3, 0.4) is 0 Å². The number of nitrogens with zero attached hydrogens (tertiary/aromatic N) is 1. The van der Waals surface area contributed by atoms with Gasteiger partial charge in [-0.05, 0) is 35.4 Å². The Labute approximate surface area is 115 Å². The maximum atomic E-state index is 12.0. The van der Waals surface area contributed by atoms with E-state index in [0.29, 0.717) is 16.9 Å². The van der Waals surface area contributed by atoms with Gasteiger partial charge < -0.3 is 16.2 Å². The Morgan fingerprint density at radius 3 is 3.11 bits per heavy atom. The third-order valence-corrected chi connectivity index (χ3v) is 3.44. The Morgan fingerprint density at radius 2 is 2.42 bits per heavy atom. The normalized spacial score (nSPS) is 12.1. The van der Waals surface area contributed by atoms with Crippen LogP contribution in [0.5, 0.6) is 0 Å². The molecule has 19 heavy (non-hydrogen) atoms. The number of nitrogens with one attached hydrogen (secondary N) is 1. The van der Waals surface area contributed by atoms with E-state index >= 15 is 0 Å². The van der Waals surface area contributed by atoms with Crippen molar-refractivity contribution in [1.82, 2.24) is 10.3 Å². The first kappa shape index (κ1) is 13.5. The minimum atomic E-state index is -0.704. The summed E-state index contributed by atoms with van der Waals surface area (Å²) in [4.78, 5) is 16.0. The van der Waals surface area contributed by atoms with Gasteiger partial charge in [0, 0.05) is 6.54 Å². The molecule has 1 amide bonds. The number of hydrogen-bond donors (Lipinski definition) is 3. The van der Waals surface area contributed by atoms with Gasteiger partial charge in [-0.1, -0.05) is 0 Å². The molecule has 2 heterocycles. The van der Waals surface area contributed by atoms with E-state index in [1.54, 1.807) is 13.0 Å². The molecule has 0 saturated carbocycles. The third kappa shape index (κ3) is 3.30. The van der Waals surface area contributed by atoms with Gasteiger partial charge in [0.1, 0.15) is 0 Å². The highest BCUT2D eigenvalue weighted by atomic mass is 32.1. The third-order valence-electron chi connectivity index (χ3n) is 2.74. The number of rotatable bonds is 4. The number of hydrogen-bond acceptors (Lipinski definition) is 5. The molecule has 4 N–H and O–H groups in total. The predicted molar refractivity (Wildman–Crippen MR) is 75.0 cm³/mol. The molecule has 0 bridgehead atoms. The molecule has 0 aliphatic heterocycles. The van der Waals surface area contributed by atoms with Crippen molar-refractivity contribution in [3.05, 3.63) is 45.9 Å². The van der Waals surface area contributed by atoms with Crippen molar-refractivity contribution in [2.45, 2.75) is 13.0 Å². The van der Waals surface area contributed by atoms with Crippen LogP contribution in [0.4, 0.5) is 5.69 Å². The van der Waals surface area contributed by atoms with Gasteiger partial charge >= 0.3 is 0 Å². The standard InChI is InChI=1S/C13H15N3O2S/c1-8-11(4-10(14)5-15-8)13(18)16-6-12(17)9-2-3-19-7-9/h2-5,7,12,17H,6,14H2,1H3,(H,16,18). The summed E-state index contributed by atoms with van der Waals surface area (Å²) in [6.07, 6.45) is 0.802. The van der Waals surface area contributed by atoms with Gasteiger partial charge in [-0.3, -0.25) is 9.78 Å². The van der Waals surface area contributed by atoms with Crippen LogP contribution in [0.25, 0.3) is 0 Å². The average Bonchev–Trinajstić information content (AvgIpc) is 2.92. The summed E-state index contributed by atoms with van der Waals surface area (Å²) >= 11 is 1.50. The topological polar surface area (TPSA) is 88.2 Å². The fourth-order valence-electron chi connectivity index (χ4n) is 1.65. The molecule has 0 radical (unpaired) electrons. The van der Waals surface area contributed by atoms with Crippen LogP contribution in [0, 0.1) is 6.92 Å². The number of aromatic nitrogens is 1. The molecule has 6 heteroatoms. The Bertz CT molecular complexity index is 569. The zero-order valence-electron chi connectivity index (χ0n) is 10.5. The van der Waals surface area contributed by atoms with Crippen LogP contribution in [0.15, 0.2) is 29.1 Å². The molecule has 1 unspecified atom stereocenters. The highest BCUT2D eigenvalue weighted by Crippen LogP contribution is 2.15. The molecule has 100 valence electrons. The minimum absolute atomic E-state index is 0.157. The summed E-state index contributed by atoms with van der Waals surface area (Å²) in [5.41, 5.74) is 7.88. The monoisotopic (exact) mass is 277 g/mol. The molecule has 5 nitrogen and oxygen atoms in total. The van der Waals surface area contributed by atoms with E-state index in [2.05, 4.69) is 10.3 Å². The Hall–Kier alpha value is -1.92. The van der Waals surface area contributed by atoms with Crippen molar-refractivity contribution in [2.24, 2.45) is 0 Å². The summed E-state index contributed by atoms with van der Waals surface area (Å²) in [7, 11) is 0. The molecular weight excluding hydrogens is 262 g/mol. The first-order valence-electron chi connectivity index (χ1n) is 5.78. The van der Waals surface area contributed by atoms with Gasteiger partial charge in [0.05, 0.1) is 29.2 Å². The fourth-order valence-corrected chi connectivity index (χ4v) is 2.35. The highest BCUT2D eigenvalue weighted by Gasteiger charge is 2.13. The summed E-state index contributed by atoms with van der Waals surface area (Å²) in [6.45, 7) is 1.90. The molecule has 2 aromatic heterocycles. The van der Waals surface area contributed by atoms with Gasteiger partial charge in [-0.15, -0.1) is 0 Å². The van der Waals surface area contributed by atoms with Crippen molar-refractivity contribution < 1.29 is 9.90 Å². The number of aliphatic hydroxyl groups is 1. The maximum Gasteiger partial charge on any atom is 0.253 e. The molecular formula is C13H15N3O2S. The lowest BCUT2D eigenvalue weighted by atomic mass is 10.1. The summed E-state index contributed by atoms with van der Waals surface area (Å²) in [5.74, 6) is -0.286. The maximum absolute atomic E-state index is 12.0. The van der Waals surface area contributed by atoms with Crippen molar-refractivity contribution in [3.8, 4) is 0 Å². The first-order valence-corrected chi connectivity index (χ1v) is 6.72. The lowest BCUT2D eigenvalue weighted by Crippen LogP contribution is -2.29. The minimum Gasteiger partial charge on any atom is -0.397 e. The van der Waals surface area contributed by atoms with Crippen molar-refractivity contribution >= 4 is 22.9 Å². The number of anilines is 1. The van der Waals surface area contributed by atoms with Crippen molar-refractivity contribution in [2.75, 3.05) is 12.3 Å². The van der Waals surface area contributed by atoms with Crippen LogP contribution >= 0.6 is 11.3 Å². The molecule has 1 atom stereocenters. The van der Waals surface area contributed by atoms with Crippen LogP contribution in [0.1, 0.15) is 27.7 Å². The highest BCUT2D eigenvalue weighted by molar-refractivity contribution is 7.07. The van der Waals surface area contributed by atoms with E-state index in [0.717, 1.165) is 5.56 Å². The van der Waals surface area contributed by atoms with Crippen LogP contribution in [-0.4, -0.2) is 22.5 Å². The Balaban J connectivity index is 2.00. The fraction of sp³-hybridized carbons (Fsp3) is 0.231. The SMILES string of the molecule is Cc1ncc(N)cc1C(=O)NCC(O)c1ccsc1. The van der Waals surface area contributed by atoms with Crippen LogP contribution in [0.2, 0.25) is 0 Å². The summed E-state index contributed by atoms with van der Waals surface area (Å²) in [5, 5.41) is 16.3. The van der Waals surface area contributed by atoms with E-state index in [4.69, 9.17) is 5.73 Å². The molecule has 0 saturated heterocycles. The molecule has 0 aliphatic carbocycles. The lowest BCUT2D eigenvalue weighted by molar-refractivity contribution is 0.0915. The summed E-state index contributed by atoms with van der Waals surface area (Å²) in [6, 6.07) is 3.41. The van der Waals surface area contributed by atoms with E-state index < -0.39 is 6.10 Å². The zero-order valence-corrected chi connectivity index (χ0v) is 11.3. The van der Waals surface area contributed by atoms with Crippen molar-refractivity contribution in [1.29, 1.82) is 0 Å². The van der Waals surface area contributed by atoms with E-state index in [1.807, 2.05) is 16.8 Å². The van der Waals surface area contributed by atoms with Gasteiger partial charge in [0.2, 0.25) is 0 Å². The number of pyridine rings is 1. The first-order chi connectivity index (χ1) is 9.08. The van der Waals surface area contributed by atoms with Gasteiger partial charge in [0.15, 0.2) is 0 Å². The molecule has 0 fully saturated rings. The number of aryl methyl sites for hydroxylation is 1. The Morgan fingerprint density at radius 1 is 1.63 bits per heavy atom. The number of nitrogen functional groups attached to an aromatic ring is 1. The lowest BCUT2D eigenvalue weighted by Gasteiger charge is -2.11. The van der Waals surface area contributed by atoms with Gasteiger partial charge in [0.25, 0.3) is 5.91 Å². The van der Waals surface area contributed by atoms with E-state index in [9.17, 15) is 9.90 Å². The van der Waals surface area contributed by atoms with Crippen LogP contribution < -0.4 is 11.1 Å². The smallest absolute Gasteiger partial charge is 0.253 e. The largest absolute Gasteiger partial charge is 0.397 e. The predicted octanol–water partition coefficient (Wildman–Crippen LogP) is 1.50. The summed E-state index contributed by atoms with van der Waals surface area (Å²) < 4.78 is 0. The average molecular weight is 277 g/mol. The second-order valence-corrected chi connectivity index (χ2v) is 4.96. The van der Waals surface area contributed by atoms with Crippen LogP contribution in [-0.2, 0) is 0 Å². The quantitative estimate of drug-likeness (QED) is 0.790. The number of thiophene rings is 1. The van der Waals surface area contributed by atoms with Crippen molar-refractivity contribution in [3.63, 3.8) is 0 Å². The Kier molecular flexibility index (Phi) is 4.13. The molecule has 2 aromatic rings.